The Morgan fingerprint density at radius 3 is 2.79 bits per heavy atom. The molecule has 0 radical (unpaired) electrons. The van der Waals surface area contributed by atoms with E-state index in [0.717, 1.165) is 24.4 Å². The van der Waals surface area contributed by atoms with Gasteiger partial charge in [-0.15, -0.1) is 0 Å². The average molecular weight is 268 g/mol. The van der Waals surface area contributed by atoms with Crippen LogP contribution in [-0.4, -0.2) is 47.6 Å². The van der Waals surface area contributed by atoms with Gasteiger partial charge >= 0.3 is 0 Å². The highest BCUT2D eigenvalue weighted by atomic mass is 16.5. The number of methoxy groups -OCH3 is 1. The predicted molar refractivity (Wildman–Crippen MR) is 71.9 cm³/mol. The highest BCUT2D eigenvalue weighted by Crippen LogP contribution is 2.25. The van der Waals surface area contributed by atoms with E-state index in [9.17, 15) is 5.11 Å². The summed E-state index contributed by atoms with van der Waals surface area (Å²) < 4.78 is 10.8. The van der Waals surface area contributed by atoms with Gasteiger partial charge in [-0.25, -0.2) is 0 Å². The third-order valence-electron chi connectivity index (χ3n) is 3.70. The van der Waals surface area contributed by atoms with Crippen LogP contribution in [0.4, 0.5) is 0 Å². The maximum absolute atomic E-state index is 9.42. The Hall–Kier alpha value is -0.910. The first-order chi connectivity index (χ1) is 8.94. The van der Waals surface area contributed by atoms with Crippen molar-refractivity contribution in [2.24, 2.45) is 0 Å². The van der Waals surface area contributed by atoms with Gasteiger partial charge in [-0.2, -0.15) is 0 Å². The fraction of sp³-hybridized carbons (Fsp3) is 0.786. The second kappa shape index (κ2) is 5.61. The standard InChI is InChI=1S/C14H24N2O3/c1-14(2,3)13-5-10(15-19-13)7-16-8-12(18-4)6-11(16)9-17/h5,11-12,17H,6-9H2,1-4H3/t11-,12+/m0/s1. The molecule has 2 atom stereocenters. The molecule has 0 amide bonds. The van der Waals surface area contributed by atoms with Gasteiger partial charge in [-0.1, -0.05) is 25.9 Å². The van der Waals surface area contributed by atoms with Crippen molar-refractivity contribution in [3.63, 3.8) is 0 Å². The number of likely N-dealkylation sites (tertiary alicyclic amines) is 1. The number of nitrogens with zero attached hydrogens (tertiary/aromatic N) is 2. The first-order valence-electron chi connectivity index (χ1n) is 6.78. The summed E-state index contributed by atoms with van der Waals surface area (Å²) in [7, 11) is 1.72. The van der Waals surface area contributed by atoms with Gasteiger partial charge in [0.25, 0.3) is 0 Å². The third-order valence-corrected chi connectivity index (χ3v) is 3.70. The van der Waals surface area contributed by atoms with Gasteiger partial charge in [0.05, 0.1) is 18.4 Å². The Morgan fingerprint density at radius 2 is 2.26 bits per heavy atom. The molecule has 1 aromatic heterocycles. The molecule has 0 saturated carbocycles. The molecule has 0 aliphatic carbocycles. The van der Waals surface area contributed by atoms with Crippen molar-refractivity contribution in [1.29, 1.82) is 0 Å². The van der Waals surface area contributed by atoms with E-state index in [-0.39, 0.29) is 24.2 Å². The Morgan fingerprint density at radius 1 is 1.53 bits per heavy atom. The van der Waals surface area contributed by atoms with Crippen molar-refractivity contribution >= 4 is 0 Å². The first-order valence-corrected chi connectivity index (χ1v) is 6.78. The normalized spacial score (nSPS) is 25.1. The van der Waals surface area contributed by atoms with E-state index in [1.165, 1.54) is 0 Å². The number of hydrogen-bond donors (Lipinski definition) is 1. The van der Waals surface area contributed by atoms with Crippen molar-refractivity contribution in [2.45, 2.75) is 51.3 Å². The summed E-state index contributed by atoms with van der Waals surface area (Å²) in [4.78, 5) is 2.21. The van der Waals surface area contributed by atoms with Crippen LogP contribution in [0.3, 0.4) is 0 Å². The monoisotopic (exact) mass is 268 g/mol. The summed E-state index contributed by atoms with van der Waals surface area (Å²) >= 11 is 0. The van der Waals surface area contributed by atoms with E-state index in [0.29, 0.717) is 6.54 Å². The SMILES string of the molecule is CO[C@@H]1C[C@@H](CO)N(Cc2cc(C(C)(C)C)on2)C1. The van der Waals surface area contributed by atoms with Gasteiger partial charge < -0.3 is 14.4 Å². The fourth-order valence-electron chi connectivity index (χ4n) is 2.44. The topological polar surface area (TPSA) is 58.7 Å². The van der Waals surface area contributed by atoms with Gasteiger partial charge in [0.15, 0.2) is 0 Å². The molecule has 0 bridgehead atoms. The first kappa shape index (κ1) is 14.5. The fourth-order valence-corrected chi connectivity index (χ4v) is 2.44. The molecule has 5 nitrogen and oxygen atoms in total. The number of aliphatic hydroxyl groups excluding tert-OH is 1. The number of rotatable bonds is 4. The number of aliphatic hydroxyl groups is 1. The summed E-state index contributed by atoms with van der Waals surface area (Å²) in [6.07, 6.45) is 1.07. The Bertz CT molecular complexity index is 411. The molecule has 1 N–H and O–H groups in total. The molecule has 1 aromatic rings. The highest BCUT2D eigenvalue weighted by molar-refractivity contribution is 5.13. The maximum Gasteiger partial charge on any atom is 0.142 e. The van der Waals surface area contributed by atoms with Crippen molar-refractivity contribution < 1.29 is 14.4 Å². The summed E-state index contributed by atoms with van der Waals surface area (Å²) in [5.41, 5.74) is 0.891. The van der Waals surface area contributed by atoms with E-state index in [2.05, 4.69) is 30.8 Å². The van der Waals surface area contributed by atoms with Gasteiger partial charge in [-0.05, 0) is 6.42 Å². The molecule has 1 fully saturated rings. The third kappa shape index (κ3) is 3.35. The summed E-state index contributed by atoms with van der Waals surface area (Å²) in [5, 5.41) is 13.5. The zero-order valence-electron chi connectivity index (χ0n) is 12.2. The second-order valence-corrected chi connectivity index (χ2v) is 6.29. The van der Waals surface area contributed by atoms with Crippen molar-refractivity contribution in [2.75, 3.05) is 20.3 Å². The lowest BCUT2D eigenvalue weighted by Crippen LogP contribution is -2.32. The number of ether oxygens (including phenoxy) is 1. The molecule has 1 saturated heterocycles. The van der Waals surface area contributed by atoms with E-state index in [4.69, 9.17) is 9.26 Å². The minimum absolute atomic E-state index is 0.0261. The minimum Gasteiger partial charge on any atom is -0.395 e. The molecule has 0 spiro atoms. The molecule has 0 unspecified atom stereocenters. The van der Waals surface area contributed by atoms with Gasteiger partial charge in [-0.3, -0.25) is 4.90 Å². The van der Waals surface area contributed by atoms with Crippen LogP contribution in [0.5, 0.6) is 0 Å². The van der Waals surface area contributed by atoms with Crippen LogP contribution < -0.4 is 0 Å². The smallest absolute Gasteiger partial charge is 0.142 e. The van der Waals surface area contributed by atoms with E-state index >= 15 is 0 Å². The molecule has 2 rings (SSSR count). The summed E-state index contributed by atoms with van der Waals surface area (Å²) in [6.45, 7) is 7.99. The van der Waals surface area contributed by atoms with E-state index in [1.807, 2.05) is 6.07 Å². The molecule has 2 heterocycles. The average Bonchev–Trinajstić information content (AvgIpc) is 2.95. The Kier molecular flexibility index (Phi) is 4.28. The highest BCUT2D eigenvalue weighted by Gasteiger charge is 2.32. The zero-order chi connectivity index (χ0) is 14.0. The molecule has 19 heavy (non-hydrogen) atoms. The predicted octanol–water partition coefficient (Wildman–Crippen LogP) is 1.55. The van der Waals surface area contributed by atoms with Crippen LogP contribution in [0, 0.1) is 0 Å². The molecule has 0 aromatic carbocycles. The Balaban J connectivity index is 2.02. The van der Waals surface area contributed by atoms with Crippen LogP contribution in [-0.2, 0) is 16.7 Å². The largest absolute Gasteiger partial charge is 0.395 e. The van der Waals surface area contributed by atoms with Crippen LogP contribution in [0.15, 0.2) is 10.6 Å². The van der Waals surface area contributed by atoms with Gasteiger partial charge in [0.2, 0.25) is 0 Å². The lowest BCUT2D eigenvalue weighted by Gasteiger charge is -2.20. The molecule has 5 heteroatoms. The van der Waals surface area contributed by atoms with Crippen LogP contribution >= 0.6 is 0 Å². The quantitative estimate of drug-likeness (QED) is 0.898. The molecule has 1 aliphatic heterocycles. The lowest BCUT2D eigenvalue weighted by molar-refractivity contribution is 0.106. The minimum atomic E-state index is -0.0261. The van der Waals surface area contributed by atoms with Crippen molar-refractivity contribution in [1.82, 2.24) is 10.1 Å². The Labute approximate surface area is 114 Å². The van der Waals surface area contributed by atoms with Gasteiger partial charge in [0.1, 0.15) is 5.76 Å². The van der Waals surface area contributed by atoms with E-state index < -0.39 is 0 Å². The lowest BCUT2D eigenvalue weighted by atomic mass is 9.93. The van der Waals surface area contributed by atoms with Crippen molar-refractivity contribution in [3.8, 4) is 0 Å². The molecule has 1 aliphatic rings. The molecule has 108 valence electrons. The maximum atomic E-state index is 9.42. The number of hydrogen-bond acceptors (Lipinski definition) is 5. The van der Waals surface area contributed by atoms with Crippen molar-refractivity contribution in [3.05, 3.63) is 17.5 Å². The van der Waals surface area contributed by atoms with Gasteiger partial charge in [0, 0.05) is 37.7 Å². The number of aromatic nitrogens is 1. The van der Waals surface area contributed by atoms with Crippen LogP contribution in [0.1, 0.15) is 38.6 Å². The summed E-state index contributed by atoms with van der Waals surface area (Å²) in [5.74, 6) is 0.894. The summed E-state index contributed by atoms with van der Waals surface area (Å²) in [6, 6.07) is 2.16. The second-order valence-electron chi connectivity index (χ2n) is 6.29. The van der Waals surface area contributed by atoms with Crippen LogP contribution in [0.2, 0.25) is 0 Å². The molecular formula is C14H24N2O3. The van der Waals surface area contributed by atoms with E-state index in [1.54, 1.807) is 7.11 Å². The van der Waals surface area contributed by atoms with Crippen LogP contribution in [0.25, 0.3) is 0 Å². The molecular weight excluding hydrogens is 244 g/mol. The zero-order valence-corrected chi connectivity index (χ0v) is 12.2.